The molecule has 2 N–H and O–H groups in total. The molecule has 0 aliphatic rings. The lowest BCUT2D eigenvalue weighted by atomic mass is 10.2. The molecule has 0 atom stereocenters. The van der Waals surface area contributed by atoms with Crippen LogP contribution < -0.4 is 10.6 Å². The van der Waals surface area contributed by atoms with Crippen LogP contribution in [0.2, 0.25) is 5.02 Å². The van der Waals surface area contributed by atoms with Crippen LogP contribution in [0.3, 0.4) is 0 Å². The zero-order chi connectivity index (χ0) is 14.0. The number of rotatable bonds is 4. The third-order valence-electron chi connectivity index (χ3n) is 3.21. The van der Waals surface area contributed by atoms with E-state index in [1.54, 1.807) is 0 Å². The maximum absolute atomic E-state index is 5.90. The van der Waals surface area contributed by atoms with Gasteiger partial charge in [0.1, 0.15) is 5.82 Å². The predicted octanol–water partition coefficient (Wildman–Crippen LogP) is 2.48. The maximum Gasteiger partial charge on any atom is 0.131 e. The highest BCUT2D eigenvalue weighted by Crippen LogP contribution is 2.23. The minimum absolute atomic E-state index is 0.500. The van der Waals surface area contributed by atoms with Gasteiger partial charge in [-0.3, -0.25) is 4.68 Å². The number of aromatic nitrogens is 2. The SMILES string of the molecule is Cc1nn(C)c(N(C)Cc2ccc(Cl)cc2)c1CN. The van der Waals surface area contributed by atoms with Crippen molar-refractivity contribution in [1.29, 1.82) is 0 Å². The molecule has 0 fully saturated rings. The molecule has 102 valence electrons. The number of hydrogen-bond donors (Lipinski definition) is 1. The largest absolute Gasteiger partial charge is 0.355 e. The van der Waals surface area contributed by atoms with E-state index >= 15 is 0 Å². The predicted molar refractivity (Wildman–Crippen MR) is 79.4 cm³/mol. The van der Waals surface area contributed by atoms with E-state index in [-0.39, 0.29) is 0 Å². The minimum Gasteiger partial charge on any atom is -0.355 e. The standard InChI is InChI=1S/C14H19ClN4/c1-10-13(8-16)14(19(3)17-10)18(2)9-11-4-6-12(15)7-5-11/h4-7H,8-9,16H2,1-3H3. The van der Waals surface area contributed by atoms with Crippen LogP contribution in [0.15, 0.2) is 24.3 Å². The van der Waals surface area contributed by atoms with Crippen LogP contribution in [0.5, 0.6) is 0 Å². The molecule has 1 aromatic carbocycles. The summed E-state index contributed by atoms with van der Waals surface area (Å²) in [6.07, 6.45) is 0. The summed E-state index contributed by atoms with van der Waals surface area (Å²) in [6.45, 7) is 3.28. The number of halogens is 1. The Morgan fingerprint density at radius 3 is 2.53 bits per heavy atom. The molecule has 0 radical (unpaired) electrons. The summed E-state index contributed by atoms with van der Waals surface area (Å²) in [5, 5.41) is 5.19. The molecule has 0 spiro atoms. The van der Waals surface area contributed by atoms with Crippen molar-refractivity contribution in [3.63, 3.8) is 0 Å². The maximum atomic E-state index is 5.90. The molecule has 2 aromatic rings. The van der Waals surface area contributed by atoms with E-state index < -0.39 is 0 Å². The van der Waals surface area contributed by atoms with Crippen molar-refractivity contribution >= 4 is 17.4 Å². The molecule has 0 aliphatic heterocycles. The van der Waals surface area contributed by atoms with Crippen LogP contribution in [0.4, 0.5) is 5.82 Å². The van der Waals surface area contributed by atoms with Gasteiger partial charge in [0.15, 0.2) is 0 Å². The smallest absolute Gasteiger partial charge is 0.131 e. The molecule has 1 aromatic heterocycles. The van der Waals surface area contributed by atoms with Crippen molar-refractivity contribution in [3.8, 4) is 0 Å². The summed E-state index contributed by atoms with van der Waals surface area (Å²) >= 11 is 5.90. The first-order chi connectivity index (χ1) is 9.02. The van der Waals surface area contributed by atoms with Gasteiger partial charge < -0.3 is 10.6 Å². The number of nitrogens with two attached hydrogens (primary N) is 1. The second-order valence-corrected chi connectivity index (χ2v) is 5.13. The van der Waals surface area contributed by atoms with Crippen LogP contribution in [-0.4, -0.2) is 16.8 Å². The Hall–Kier alpha value is -1.52. The van der Waals surface area contributed by atoms with E-state index in [4.69, 9.17) is 17.3 Å². The molecule has 0 bridgehead atoms. The fraction of sp³-hybridized carbons (Fsp3) is 0.357. The molecule has 0 aliphatic carbocycles. The molecule has 0 saturated heterocycles. The highest BCUT2D eigenvalue weighted by atomic mass is 35.5. The molecular weight excluding hydrogens is 260 g/mol. The Kier molecular flexibility index (Phi) is 4.12. The number of aryl methyl sites for hydroxylation is 2. The van der Waals surface area contributed by atoms with Crippen molar-refractivity contribution in [2.45, 2.75) is 20.0 Å². The number of benzene rings is 1. The van der Waals surface area contributed by atoms with E-state index in [2.05, 4.69) is 10.00 Å². The van der Waals surface area contributed by atoms with Crippen LogP contribution in [0.1, 0.15) is 16.8 Å². The van der Waals surface area contributed by atoms with E-state index in [1.165, 1.54) is 5.56 Å². The van der Waals surface area contributed by atoms with E-state index in [0.29, 0.717) is 6.54 Å². The van der Waals surface area contributed by atoms with Crippen molar-refractivity contribution in [1.82, 2.24) is 9.78 Å². The summed E-state index contributed by atoms with van der Waals surface area (Å²) < 4.78 is 1.88. The second-order valence-electron chi connectivity index (χ2n) is 4.70. The highest BCUT2D eigenvalue weighted by molar-refractivity contribution is 6.30. The number of hydrogen-bond acceptors (Lipinski definition) is 3. The van der Waals surface area contributed by atoms with Crippen LogP contribution in [0, 0.1) is 6.92 Å². The van der Waals surface area contributed by atoms with E-state index in [1.807, 2.05) is 50.0 Å². The summed E-state index contributed by atoms with van der Waals surface area (Å²) in [5.74, 6) is 1.06. The Labute approximate surface area is 118 Å². The molecule has 0 saturated carbocycles. The van der Waals surface area contributed by atoms with Crippen LogP contribution in [-0.2, 0) is 20.1 Å². The topological polar surface area (TPSA) is 47.1 Å². The first-order valence-electron chi connectivity index (χ1n) is 6.21. The Balaban J connectivity index is 2.24. The minimum atomic E-state index is 0.500. The fourth-order valence-corrected chi connectivity index (χ4v) is 2.47. The third kappa shape index (κ3) is 2.91. The Morgan fingerprint density at radius 2 is 1.95 bits per heavy atom. The van der Waals surface area contributed by atoms with Gasteiger partial charge in [-0.25, -0.2) is 0 Å². The summed E-state index contributed by atoms with van der Waals surface area (Å²) in [4.78, 5) is 2.16. The zero-order valence-electron chi connectivity index (χ0n) is 11.5. The van der Waals surface area contributed by atoms with Gasteiger partial charge in [0.25, 0.3) is 0 Å². The molecule has 19 heavy (non-hydrogen) atoms. The quantitative estimate of drug-likeness (QED) is 0.935. The van der Waals surface area contributed by atoms with Gasteiger partial charge in [-0.15, -0.1) is 0 Å². The summed E-state index contributed by atoms with van der Waals surface area (Å²) in [7, 11) is 3.99. The van der Waals surface area contributed by atoms with Gasteiger partial charge in [-0.05, 0) is 24.6 Å². The van der Waals surface area contributed by atoms with Gasteiger partial charge >= 0.3 is 0 Å². The Bertz CT molecular complexity index is 560. The first kappa shape index (κ1) is 13.9. The average Bonchev–Trinajstić information content (AvgIpc) is 2.66. The summed E-state index contributed by atoms with van der Waals surface area (Å²) in [5.41, 5.74) is 9.11. The fourth-order valence-electron chi connectivity index (χ4n) is 2.34. The van der Waals surface area contributed by atoms with Gasteiger partial charge in [-0.1, -0.05) is 23.7 Å². The molecule has 1 heterocycles. The van der Waals surface area contributed by atoms with Crippen molar-refractivity contribution < 1.29 is 0 Å². The van der Waals surface area contributed by atoms with Crippen molar-refractivity contribution in [2.24, 2.45) is 12.8 Å². The second kappa shape index (κ2) is 5.63. The van der Waals surface area contributed by atoms with Crippen LogP contribution in [0.25, 0.3) is 0 Å². The lowest BCUT2D eigenvalue weighted by molar-refractivity contribution is 0.725. The molecule has 0 unspecified atom stereocenters. The molecular formula is C14H19ClN4. The number of anilines is 1. The zero-order valence-corrected chi connectivity index (χ0v) is 12.3. The van der Waals surface area contributed by atoms with Crippen LogP contribution >= 0.6 is 11.6 Å². The first-order valence-corrected chi connectivity index (χ1v) is 6.59. The molecule has 5 heteroatoms. The monoisotopic (exact) mass is 278 g/mol. The van der Waals surface area contributed by atoms with Gasteiger partial charge in [0.2, 0.25) is 0 Å². The third-order valence-corrected chi connectivity index (χ3v) is 3.46. The molecule has 2 rings (SSSR count). The number of nitrogens with zero attached hydrogens (tertiary/aromatic N) is 3. The van der Waals surface area contributed by atoms with E-state index in [0.717, 1.165) is 28.6 Å². The van der Waals surface area contributed by atoms with Crippen molar-refractivity contribution in [2.75, 3.05) is 11.9 Å². The van der Waals surface area contributed by atoms with Gasteiger partial charge in [0, 0.05) is 37.8 Å². The van der Waals surface area contributed by atoms with Crippen molar-refractivity contribution in [3.05, 3.63) is 46.1 Å². The molecule has 4 nitrogen and oxygen atoms in total. The lowest BCUT2D eigenvalue weighted by Crippen LogP contribution is -2.21. The molecule has 0 amide bonds. The average molecular weight is 279 g/mol. The van der Waals surface area contributed by atoms with Gasteiger partial charge in [-0.2, -0.15) is 5.10 Å². The Morgan fingerprint density at radius 1 is 1.32 bits per heavy atom. The normalized spacial score (nSPS) is 10.8. The summed E-state index contributed by atoms with van der Waals surface area (Å²) in [6, 6.07) is 7.88. The highest BCUT2D eigenvalue weighted by Gasteiger charge is 2.15. The van der Waals surface area contributed by atoms with Gasteiger partial charge in [0.05, 0.1) is 5.69 Å². The lowest BCUT2D eigenvalue weighted by Gasteiger charge is -2.21. The van der Waals surface area contributed by atoms with E-state index in [9.17, 15) is 0 Å².